The number of benzene rings is 8. The van der Waals surface area contributed by atoms with Crippen LogP contribution < -0.4 is 4.90 Å². The molecular formula is C46H31NS. The van der Waals surface area contributed by atoms with Gasteiger partial charge in [-0.05, 0) is 92.7 Å². The van der Waals surface area contributed by atoms with Crippen molar-refractivity contribution in [3.8, 4) is 33.4 Å². The quantitative estimate of drug-likeness (QED) is 0.177. The van der Waals surface area contributed by atoms with Crippen molar-refractivity contribution in [3.05, 3.63) is 188 Å². The van der Waals surface area contributed by atoms with Crippen molar-refractivity contribution in [3.63, 3.8) is 0 Å². The zero-order valence-electron chi connectivity index (χ0n) is 26.3. The van der Waals surface area contributed by atoms with Gasteiger partial charge in [-0.25, -0.2) is 0 Å². The van der Waals surface area contributed by atoms with Gasteiger partial charge in [-0.2, -0.15) is 0 Å². The van der Waals surface area contributed by atoms with Gasteiger partial charge in [0.2, 0.25) is 0 Å². The molecular weight excluding hydrogens is 599 g/mol. The molecule has 9 aromatic rings. The number of thiophene rings is 1. The molecule has 2 heteroatoms. The van der Waals surface area contributed by atoms with Crippen LogP contribution in [0.3, 0.4) is 0 Å². The summed E-state index contributed by atoms with van der Waals surface area (Å²) in [5, 5.41) is 5.12. The molecule has 0 spiro atoms. The van der Waals surface area contributed by atoms with Crippen LogP contribution in [0.4, 0.5) is 17.1 Å². The Morgan fingerprint density at radius 3 is 1.54 bits per heavy atom. The first-order chi connectivity index (χ1) is 23.8. The van der Waals surface area contributed by atoms with Crippen LogP contribution in [-0.4, -0.2) is 0 Å². The first kappa shape index (κ1) is 28.3. The lowest BCUT2D eigenvalue weighted by Gasteiger charge is -2.26. The molecule has 226 valence electrons. The maximum atomic E-state index is 2.38. The molecule has 48 heavy (non-hydrogen) atoms. The molecule has 0 amide bonds. The van der Waals surface area contributed by atoms with E-state index in [9.17, 15) is 0 Å². The summed E-state index contributed by atoms with van der Waals surface area (Å²) in [7, 11) is 0. The highest BCUT2D eigenvalue weighted by atomic mass is 32.1. The number of anilines is 3. The molecule has 0 unspecified atom stereocenters. The summed E-state index contributed by atoms with van der Waals surface area (Å²) in [6, 6.07) is 68.1. The molecule has 0 aliphatic carbocycles. The molecule has 0 fully saturated rings. The average Bonchev–Trinajstić information content (AvgIpc) is 3.54. The lowest BCUT2D eigenvalue weighted by Crippen LogP contribution is -2.09. The van der Waals surface area contributed by atoms with Gasteiger partial charge in [-0.3, -0.25) is 0 Å². The van der Waals surface area contributed by atoms with Gasteiger partial charge in [-0.15, -0.1) is 11.3 Å². The van der Waals surface area contributed by atoms with E-state index in [1.165, 1.54) is 64.3 Å². The van der Waals surface area contributed by atoms with Crippen LogP contribution in [0.5, 0.6) is 0 Å². The van der Waals surface area contributed by atoms with Gasteiger partial charge in [0.25, 0.3) is 0 Å². The van der Waals surface area contributed by atoms with E-state index in [4.69, 9.17) is 0 Å². The Bertz CT molecular complexity index is 2540. The van der Waals surface area contributed by atoms with E-state index in [1.54, 1.807) is 0 Å². The van der Waals surface area contributed by atoms with Gasteiger partial charge in [0.15, 0.2) is 0 Å². The molecule has 0 N–H and O–H groups in total. The smallest absolute Gasteiger partial charge is 0.0468 e. The summed E-state index contributed by atoms with van der Waals surface area (Å²) < 4.78 is 2.62. The summed E-state index contributed by atoms with van der Waals surface area (Å²) in [5.74, 6) is 0. The second-order valence-electron chi connectivity index (χ2n) is 12.1. The monoisotopic (exact) mass is 629 g/mol. The predicted molar refractivity (Wildman–Crippen MR) is 208 cm³/mol. The minimum atomic E-state index is 1.12. The number of hydrogen-bond acceptors (Lipinski definition) is 2. The highest BCUT2D eigenvalue weighted by Gasteiger charge is 2.16. The molecule has 8 aromatic carbocycles. The van der Waals surface area contributed by atoms with Gasteiger partial charge >= 0.3 is 0 Å². The van der Waals surface area contributed by atoms with Gasteiger partial charge in [0.1, 0.15) is 0 Å². The largest absolute Gasteiger partial charge is 0.310 e. The predicted octanol–water partition coefficient (Wildman–Crippen LogP) is 13.7. The first-order valence-electron chi connectivity index (χ1n) is 16.3. The average molecular weight is 630 g/mol. The number of hydrogen-bond donors (Lipinski definition) is 0. The maximum Gasteiger partial charge on any atom is 0.0468 e. The molecule has 1 heterocycles. The van der Waals surface area contributed by atoms with E-state index in [2.05, 4.69) is 193 Å². The van der Waals surface area contributed by atoms with Crippen LogP contribution >= 0.6 is 11.3 Å². The van der Waals surface area contributed by atoms with Gasteiger partial charge in [0, 0.05) is 37.2 Å². The minimum absolute atomic E-state index is 1.12. The van der Waals surface area contributed by atoms with Crippen molar-refractivity contribution < 1.29 is 0 Å². The van der Waals surface area contributed by atoms with E-state index in [0.717, 1.165) is 17.1 Å². The van der Waals surface area contributed by atoms with E-state index in [-0.39, 0.29) is 0 Å². The van der Waals surface area contributed by atoms with Crippen molar-refractivity contribution in [2.45, 2.75) is 0 Å². The first-order valence-corrected chi connectivity index (χ1v) is 17.2. The molecule has 0 saturated carbocycles. The van der Waals surface area contributed by atoms with Gasteiger partial charge in [0.05, 0.1) is 0 Å². The number of rotatable bonds is 6. The molecule has 1 aromatic heterocycles. The molecule has 9 rings (SSSR count). The second-order valence-corrected chi connectivity index (χ2v) is 13.2. The fraction of sp³-hybridized carbons (Fsp3) is 0. The normalized spacial score (nSPS) is 11.3. The standard InChI is InChI=1S/C46H31NS/c1-2-11-32(12-3-1)39-16-6-7-17-41(39)34-21-25-36(26-22-34)47(38-29-30-46-44(31-38)43-18-8-9-20-45(43)48-46)37-27-23-35(24-28-37)42-19-10-14-33-13-4-5-15-40(33)42/h1-31H. The van der Waals surface area contributed by atoms with E-state index in [0.29, 0.717) is 0 Å². The highest BCUT2D eigenvalue weighted by molar-refractivity contribution is 7.25. The van der Waals surface area contributed by atoms with Crippen molar-refractivity contribution in [2.75, 3.05) is 4.90 Å². The Labute approximate surface area is 284 Å². The molecule has 0 saturated heterocycles. The van der Waals surface area contributed by atoms with E-state index >= 15 is 0 Å². The summed E-state index contributed by atoms with van der Waals surface area (Å²) in [4.78, 5) is 2.38. The van der Waals surface area contributed by atoms with Crippen molar-refractivity contribution in [1.29, 1.82) is 0 Å². The SMILES string of the molecule is c1ccc(-c2ccccc2-c2ccc(N(c3ccc(-c4cccc5ccccc45)cc3)c3ccc4sc5ccccc5c4c3)cc2)cc1. The zero-order valence-corrected chi connectivity index (χ0v) is 27.1. The third-order valence-corrected chi connectivity index (χ3v) is 10.4. The Balaban J connectivity index is 1.16. The van der Waals surface area contributed by atoms with Crippen LogP contribution in [-0.2, 0) is 0 Å². The third-order valence-electron chi connectivity index (χ3n) is 9.29. The highest BCUT2D eigenvalue weighted by Crippen LogP contribution is 2.42. The molecule has 0 atom stereocenters. The van der Waals surface area contributed by atoms with Crippen LogP contribution in [0.1, 0.15) is 0 Å². The number of fused-ring (bicyclic) bond motifs is 4. The summed E-state index contributed by atoms with van der Waals surface area (Å²) in [5.41, 5.74) is 10.7. The molecule has 0 aliphatic rings. The van der Waals surface area contributed by atoms with Crippen LogP contribution in [0.2, 0.25) is 0 Å². The Hall–Kier alpha value is -5.96. The van der Waals surface area contributed by atoms with E-state index < -0.39 is 0 Å². The van der Waals surface area contributed by atoms with Crippen LogP contribution in [0.25, 0.3) is 64.3 Å². The fourth-order valence-electron chi connectivity index (χ4n) is 6.96. The van der Waals surface area contributed by atoms with Gasteiger partial charge in [-0.1, -0.05) is 140 Å². The Morgan fingerprint density at radius 2 is 0.812 bits per heavy atom. The minimum Gasteiger partial charge on any atom is -0.310 e. The Kier molecular flexibility index (Phi) is 7.07. The van der Waals surface area contributed by atoms with Crippen molar-refractivity contribution in [1.82, 2.24) is 0 Å². The zero-order chi connectivity index (χ0) is 31.9. The lowest BCUT2D eigenvalue weighted by molar-refractivity contribution is 1.29. The van der Waals surface area contributed by atoms with E-state index in [1.807, 2.05) is 11.3 Å². The lowest BCUT2D eigenvalue weighted by atomic mass is 9.94. The van der Waals surface area contributed by atoms with Crippen LogP contribution in [0, 0.1) is 0 Å². The van der Waals surface area contributed by atoms with Crippen LogP contribution in [0.15, 0.2) is 188 Å². The Morgan fingerprint density at radius 1 is 0.312 bits per heavy atom. The maximum absolute atomic E-state index is 2.38. The van der Waals surface area contributed by atoms with Crippen molar-refractivity contribution >= 4 is 59.3 Å². The molecule has 0 aliphatic heterocycles. The summed E-state index contributed by atoms with van der Waals surface area (Å²) in [6.45, 7) is 0. The fourth-order valence-corrected chi connectivity index (χ4v) is 8.05. The number of nitrogens with zero attached hydrogens (tertiary/aromatic N) is 1. The topological polar surface area (TPSA) is 3.24 Å². The molecule has 0 radical (unpaired) electrons. The third kappa shape index (κ3) is 5.04. The molecule has 0 bridgehead atoms. The summed E-state index contributed by atoms with van der Waals surface area (Å²) >= 11 is 1.85. The summed E-state index contributed by atoms with van der Waals surface area (Å²) in [6.07, 6.45) is 0. The van der Waals surface area contributed by atoms with Gasteiger partial charge < -0.3 is 4.90 Å². The van der Waals surface area contributed by atoms with Crippen molar-refractivity contribution in [2.24, 2.45) is 0 Å². The molecule has 1 nitrogen and oxygen atoms in total. The second kappa shape index (κ2) is 12.0.